The minimum absolute atomic E-state index is 0.191. The van der Waals surface area contributed by atoms with E-state index < -0.39 is 23.5 Å². The summed E-state index contributed by atoms with van der Waals surface area (Å²) in [5, 5.41) is 11.8. The van der Waals surface area contributed by atoms with Crippen molar-refractivity contribution in [1.82, 2.24) is 5.32 Å². The lowest BCUT2D eigenvalue weighted by Crippen LogP contribution is -2.24. The van der Waals surface area contributed by atoms with E-state index in [-0.39, 0.29) is 6.61 Å². The van der Waals surface area contributed by atoms with Crippen molar-refractivity contribution in [1.29, 1.82) is 0 Å². The summed E-state index contributed by atoms with van der Waals surface area (Å²) in [6.45, 7) is 0.524. The third-order valence-electron chi connectivity index (χ3n) is 3.13. The van der Waals surface area contributed by atoms with E-state index in [2.05, 4.69) is 5.32 Å². The number of hydrogen-bond donors (Lipinski definition) is 2. The number of phenolic OH excluding ortho intramolecular Hbond substituents is 1. The molecular weight excluding hydrogens is 316 g/mol. The molecule has 0 heterocycles. The van der Waals surface area contributed by atoms with Crippen LogP contribution in [0.4, 0.5) is 13.6 Å². The molecule has 24 heavy (non-hydrogen) atoms. The van der Waals surface area contributed by atoms with Crippen LogP contribution in [0, 0.1) is 11.6 Å². The number of aromatic hydroxyl groups is 1. The summed E-state index contributed by atoms with van der Waals surface area (Å²) in [5.41, 5.74) is 1.23. The molecule has 0 atom stereocenters. The first-order chi connectivity index (χ1) is 11.6. The molecule has 0 spiro atoms. The average molecular weight is 333 g/mol. The van der Waals surface area contributed by atoms with E-state index in [1.165, 1.54) is 6.08 Å². The highest BCUT2D eigenvalue weighted by atomic mass is 19.2. The molecule has 126 valence electrons. The van der Waals surface area contributed by atoms with Gasteiger partial charge in [-0.25, -0.2) is 9.18 Å². The topological polar surface area (TPSA) is 58.6 Å². The molecule has 0 aliphatic heterocycles. The van der Waals surface area contributed by atoms with Gasteiger partial charge in [0.2, 0.25) is 0 Å². The lowest BCUT2D eigenvalue weighted by molar-refractivity contribution is 0.140. The second-order valence-electron chi connectivity index (χ2n) is 5.02. The summed E-state index contributed by atoms with van der Waals surface area (Å²) in [4.78, 5) is 11.5. The summed E-state index contributed by atoms with van der Waals surface area (Å²) in [5.74, 6) is -3.12. The van der Waals surface area contributed by atoms with Gasteiger partial charge in [0.1, 0.15) is 6.61 Å². The van der Waals surface area contributed by atoms with Gasteiger partial charge >= 0.3 is 6.09 Å². The number of hydrogen-bond acceptors (Lipinski definition) is 3. The van der Waals surface area contributed by atoms with E-state index in [0.29, 0.717) is 18.5 Å². The fourth-order valence-electron chi connectivity index (χ4n) is 1.94. The average Bonchev–Trinajstić information content (AvgIpc) is 2.58. The Balaban J connectivity index is 1.69. The van der Waals surface area contributed by atoms with E-state index >= 15 is 0 Å². The second-order valence-corrected chi connectivity index (χ2v) is 5.02. The molecule has 0 aromatic heterocycles. The fourth-order valence-corrected chi connectivity index (χ4v) is 1.94. The first kappa shape index (κ1) is 17.5. The van der Waals surface area contributed by atoms with Gasteiger partial charge in [-0.15, -0.1) is 0 Å². The van der Waals surface area contributed by atoms with Crippen LogP contribution >= 0.6 is 0 Å². The number of amides is 1. The van der Waals surface area contributed by atoms with Crippen LogP contribution < -0.4 is 5.32 Å². The van der Waals surface area contributed by atoms with Crippen LogP contribution in [0.2, 0.25) is 0 Å². The molecule has 0 saturated carbocycles. The van der Waals surface area contributed by atoms with Crippen molar-refractivity contribution in [3.8, 4) is 5.75 Å². The molecule has 0 saturated heterocycles. The molecule has 0 aliphatic rings. The van der Waals surface area contributed by atoms with E-state index in [4.69, 9.17) is 4.74 Å². The molecule has 2 N–H and O–H groups in total. The number of halogens is 2. The Labute approximate surface area is 138 Å². The molecule has 6 heteroatoms. The van der Waals surface area contributed by atoms with Crippen LogP contribution in [-0.2, 0) is 11.3 Å². The number of phenols is 1. The summed E-state index contributed by atoms with van der Waals surface area (Å²) >= 11 is 0. The number of ether oxygens (including phenoxy) is 1. The minimum Gasteiger partial charge on any atom is -0.505 e. The van der Waals surface area contributed by atoms with Crippen LogP contribution in [0.5, 0.6) is 5.75 Å². The Morgan fingerprint density at radius 1 is 1.21 bits per heavy atom. The molecule has 2 rings (SSSR count). The number of nitrogens with one attached hydrogen (secondary N) is 1. The zero-order chi connectivity index (χ0) is 17.4. The number of rotatable bonds is 6. The van der Waals surface area contributed by atoms with Crippen molar-refractivity contribution in [2.45, 2.75) is 13.0 Å². The van der Waals surface area contributed by atoms with Gasteiger partial charge in [0, 0.05) is 6.54 Å². The van der Waals surface area contributed by atoms with Crippen LogP contribution in [0.25, 0.3) is 6.08 Å². The maximum Gasteiger partial charge on any atom is 0.407 e. The van der Waals surface area contributed by atoms with E-state index in [9.17, 15) is 18.7 Å². The smallest absolute Gasteiger partial charge is 0.407 e. The molecule has 4 nitrogen and oxygen atoms in total. The Kier molecular flexibility index (Phi) is 6.31. The molecule has 0 radical (unpaired) electrons. The van der Waals surface area contributed by atoms with Gasteiger partial charge in [-0.05, 0) is 29.7 Å². The van der Waals surface area contributed by atoms with Crippen LogP contribution in [0.15, 0.2) is 48.5 Å². The van der Waals surface area contributed by atoms with Gasteiger partial charge in [0.05, 0.1) is 0 Å². The first-order valence-corrected chi connectivity index (χ1v) is 7.35. The van der Waals surface area contributed by atoms with Crippen molar-refractivity contribution in [2.24, 2.45) is 0 Å². The number of carbonyl (C=O) groups excluding carboxylic acids is 1. The van der Waals surface area contributed by atoms with Crippen LogP contribution in [-0.4, -0.2) is 17.7 Å². The highest BCUT2D eigenvalue weighted by Gasteiger charge is 2.08. The van der Waals surface area contributed by atoms with Crippen molar-refractivity contribution >= 4 is 12.2 Å². The summed E-state index contributed by atoms with van der Waals surface area (Å²) in [6, 6.07) is 11.4. The maximum absolute atomic E-state index is 13.1. The molecule has 1 amide bonds. The minimum atomic E-state index is -1.27. The zero-order valence-electron chi connectivity index (χ0n) is 12.8. The standard InChI is InChI=1S/C18H17F2NO3/c19-15-10-14(11-16(22)17(15)20)8-4-5-9-21-18(23)24-12-13-6-2-1-3-7-13/h1-4,6-8,10-11,22H,5,9,12H2,(H,21,23). The summed E-state index contributed by atoms with van der Waals surface area (Å²) in [6.07, 6.45) is 3.14. The largest absolute Gasteiger partial charge is 0.505 e. The normalized spacial score (nSPS) is 10.8. The first-order valence-electron chi connectivity index (χ1n) is 7.35. The lowest BCUT2D eigenvalue weighted by Gasteiger charge is -2.06. The van der Waals surface area contributed by atoms with E-state index in [1.54, 1.807) is 6.08 Å². The third kappa shape index (κ3) is 5.39. The van der Waals surface area contributed by atoms with Crippen molar-refractivity contribution < 1.29 is 23.4 Å². The molecule has 0 aliphatic carbocycles. The predicted molar refractivity (Wildman–Crippen MR) is 86.3 cm³/mol. The predicted octanol–water partition coefficient (Wildman–Crippen LogP) is 4.00. The monoisotopic (exact) mass is 333 g/mol. The van der Waals surface area contributed by atoms with Gasteiger partial charge in [-0.1, -0.05) is 42.5 Å². The van der Waals surface area contributed by atoms with E-state index in [0.717, 1.165) is 17.7 Å². The summed E-state index contributed by atoms with van der Waals surface area (Å²) < 4.78 is 31.1. The maximum atomic E-state index is 13.1. The van der Waals surface area contributed by atoms with Crippen molar-refractivity contribution in [3.63, 3.8) is 0 Å². The van der Waals surface area contributed by atoms with Gasteiger partial charge in [-0.3, -0.25) is 0 Å². The van der Waals surface area contributed by atoms with Gasteiger partial charge in [0.25, 0.3) is 0 Å². The molecule has 0 bridgehead atoms. The number of benzene rings is 2. The molecule has 2 aromatic carbocycles. The third-order valence-corrected chi connectivity index (χ3v) is 3.13. The fraction of sp³-hybridized carbons (Fsp3) is 0.167. The number of alkyl carbamates (subject to hydrolysis) is 1. The molecule has 0 unspecified atom stereocenters. The summed E-state index contributed by atoms with van der Waals surface area (Å²) in [7, 11) is 0. The van der Waals surface area contributed by atoms with Crippen molar-refractivity contribution in [2.75, 3.05) is 6.54 Å². The van der Waals surface area contributed by atoms with E-state index in [1.807, 2.05) is 30.3 Å². The van der Waals surface area contributed by atoms with Gasteiger partial charge in [-0.2, -0.15) is 4.39 Å². The second kappa shape index (κ2) is 8.67. The van der Waals surface area contributed by atoms with Crippen LogP contribution in [0.1, 0.15) is 17.5 Å². The Hall–Kier alpha value is -2.89. The highest BCUT2D eigenvalue weighted by Crippen LogP contribution is 2.21. The molecular formula is C18H17F2NO3. The lowest BCUT2D eigenvalue weighted by atomic mass is 10.1. The Morgan fingerprint density at radius 2 is 1.96 bits per heavy atom. The molecule has 2 aromatic rings. The van der Waals surface area contributed by atoms with Crippen LogP contribution in [0.3, 0.4) is 0 Å². The Morgan fingerprint density at radius 3 is 2.67 bits per heavy atom. The van der Waals surface area contributed by atoms with Gasteiger partial charge < -0.3 is 15.2 Å². The quantitative estimate of drug-likeness (QED) is 0.786. The highest BCUT2D eigenvalue weighted by molar-refractivity contribution is 5.67. The molecule has 0 fully saturated rings. The SMILES string of the molecule is O=C(NCCC=Cc1cc(O)c(F)c(F)c1)OCc1ccccc1. The van der Waals surface area contributed by atoms with Gasteiger partial charge in [0.15, 0.2) is 17.4 Å². The zero-order valence-corrected chi connectivity index (χ0v) is 12.8. The Bertz CT molecular complexity index is 694. The van der Waals surface area contributed by atoms with Crippen molar-refractivity contribution in [3.05, 3.63) is 71.3 Å². The number of carbonyl (C=O) groups is 1.